The lowest BCUT2D eigenvalue weighted by molar-refractivity contribution is 0.123. The summed E-state index contributed by atoms with van der Waals surface area (Å²) >= 11 is 0. The zero-order valence-corrected chi connectivity index (χ0v) is 9.46. The molecular weight excluding hydrogens is 164 g/mol. The summed E-state index contributed by atoms with van der Waals surface area (Å²) in [5.74, 6) is 1.30. The molecule has 1 saturated carbocycles. The third-order valence-corrected chi connectivity index (χ3v) is 3.54. The van der Waals surface area contributed by atoms with Crippen LogP contribution in [0, 0.1) is 17.3 Å². The minimum Gasteiger partial charge on any atom is -0.384 e. The fourth-order valence-corrected chi connectivity index (χ4v) is 2.31. The van der Waals surface area contributed by atoms with E-state index in [1.54, 1.807) is 14.2 Å². The molecule has 2 heteroatoms. The largest absolute Gasteiger partial charge is 0.384 e. The minimum absolute atomic E-state index is 0.393. The van der Waals surface area contributed by atoms with E-state index in [1.165, 1.54) is 6.42 Å². The van der Waals surface area contributed by atoms with Crippen LogP contribution in [0.2, 0.25) is 0 Å². The van der Waals surface area contributed by atoms with E-state index in [-0.39, 0.29) is 0 Å². The van der Waals surface area contributed by atoms with E-state index < -0.39 is 0 Å². The Bertz CT molecular complexity index is 165. The van der Waals surface area contributed by atoms with E-state index in [0.717, 1.165) is 6.61 Å². The number of rotatable bonds is 5. The van der Waals surface area contributed by atoms with Crippen LogP contribution in [0.25, 0.3) is 0 Å². The first kappa shape index (κ1) is 11.0. The molecule has 2 nitrogen and oxygen atoms in total. The summed E-state index contributed by atoms with van der Waals surface area (Å²) in [5.41, 5.74) is 0.393. The van der Waals surface area contributed by atoms with Crippen LogP contribution >= 0.6 is 0 Å². The highest BCUT2D eigenvalue weighted by molar-refractivity contribution is 5.05. The normalized spacial score (nSPS) is 33.5. The van der Waals surface area contributed by atoms with Gasteiger partial charge in [0.25, 0.3) is 0 Å². The topological polar surface area (TPSA) is 18.5 Å². The predicted octanol–water partition coefficient (Wildman–Crippen LogP) is 2.33. The summed E-state index contributed by atoms with van der Waals surface area (Å²) in [4.78, 5) is 0. The molecule has 1 aliphatic rings. The first-order valence-corrected chi connectivity index (χ1v) is 5.10. The van der Waals surface area contributed by atoms with Gasteiger partial charge in [0, 0.05) is 20.1 Å². The predicted molar refractivity (Wildman–Crippen MR) is 53.7 cm³/mol. The highest BCUT2D eigenvalue weighted by Crippen LogP contribution is 2.54. The van der Waals surface area contributed by atoms with Gasteiger partial charge in [-0.25, -0.2) is 0 Å². The minimum atomic E-state index is 0.393. The fraction of sp³-hybridized carbons (Fsp3) is 1.00. The van der Waals surface area contributed by atoms with E-state index in [2.05, 4.69) is 20.8 Å². The number of ether oxygens (including phenoxy) is 2. The molecule has 0 bridgehead atoms. The van der Waals surface area contributed by atoms with Gasteiger partial charge in [0.2, 0.25) is 0 Å². The van der Waals surface area contributed by atoms with Crippen LogP contribution in [-0.2, 0) is 9.47 Å². The van der Waals surface area contributed by atoms with Crippen LogP contribution in [0.1, 0.15) is 27.2 Å². The Labute approximate surface area is 81.6 Å². The molecule has 3 atom stereocenters. The second-order valence-electron chi connectivity index (χ2n) is 4.69. The molecule has 0 spiro atoms. The van der Waals surface area contributed by atoms with Crippen molar-refractivity contribution in [3.63, 3.8) is 0 Å². The molecular formula is C11H22O2. The maximum Gasteiger partial charge on any atom is 0.0663 e. The molecule has 13 heavy (non-hydrogen) atoms. The van der Waals surface area contributed by atoms with Crippen molar-refractivity contribution in [3.8, 4) is 0 Å². The van der Waals surface area contributed by atoms with E-state index in [4.69, 9.17) is 9.47 Å². The molecule has 1 fully saturated rings. The average Bonchev–Trinajstić information content (AvgIpc) is 2.80. The SMILES string of the molecule is CCC(C)(C)C1C(COC)C1OC. The molecule has 0 saturated heterocycles. The molecule has 0 radical (unpaired) electrons. The molecule has 0 heterocycles. The van der Waals surface area contributed by atoms with E-state index >= 15 is 0 Å². The van der Waals surface area contributed by atoms with Crippen molar-refractivity contribution in [2.24, 2.45) is 17.3 Å². The molecule has 1 aliphatic carbocycles. The van der Waals surface area contributed by atoms with E-state index in [0.29, 0.717) is 23.4 Å². The molecule has 0 aromatic carbocycles. The first-order chi connectivity index (χ1) is 6.08. The Balaban J connectivity index is 2.52. The molecule has 78 valence electrons. The monoisotopic (exact) mass is 186 g/mol. The maximum atomic E-state index is 5.45. The summed E-state index contributed by atoms with van der Waals surface area (Å²) in [7, 11) is 3.57. The van der Waals surface area contributed by atoms with Gasteiger partial charge in [-0.05, 0) is 11.3 Å². The van der Waals surface area contributed by atoms with Crippen LogP contribution in [-0.4, -0.2) is 26.9 Å². The summed E-state index contributed by atoms with van der Waals surface area (Å²) in [6, 6.07) is 0. The molecule has 0 N–H and O–H groups in total. The van der Waals surface area contributed by atoms with Gasteiger partial charge in [0.05, 0.1) is 12.7 Å². The zero-order valence-electron chi connectivity index (χ0n) is 9.46. The van der Waals surface area contributed by atoms with Crippen molar-refractivity contribution in [2.45, 2.75) is 33.3 Å². The molecule has 0 amide bonds. The Hall–Kier alpha value is -0.0800. The summed E-state index contributed by atoms with van der Waals surface area (Å²) in [6.45, 7) is 7.72. The van der Waals surface area contributed by atoms with E-state index in [9.17, 15) is 0 Å². The third kappa shape index (κ3) is 2.05. The van der Waals surface area contributed by atoms with Crippen LogP contribution in [0.15, 0.2) is 0 Å². The standard InChI is InChI=1S/C11H22O2/c1-6-11(2,3)9-8(7-12-4)10(9)13-5/h8-10H,6-7H2,1-5H3. The summed E-state index contributed by atoms with van der Waals surface area (Å²) in [6.07, 6.45) is 1.63. The third-order valence-electron chi connectivity index (χ3n) is 3.54. The van der Waals surface area contributed by atoms with Crippen molar-refractivity contribution in [1.29, 1.82) is 0 Å². The number of methoxy groups -OCH3 is 2. The second kappa shape index (κ2) is 3.97. The van der Waals surface area contributed by atoms with Crippen LogP contribution in [0.3, 0.4) is 0 Å². The highest BCUT2D eigenvalue weighted by atomic mass is 16.5. The molecule has 0 aromatic heterocycles. The van der Waals surface area contributed by atoms with E-state index in [1.807, 2.05) is 0 Å². The van der Waals surface area contributed by atoms with Crippen LogP contribution in [0.5, 0.6) is 0 Å². The van der Waals surface area contributed by atoms with Crippen molar-refractivity contribution < 1.29 is 9.47 Å². The lowest BCUT2D eigenvalue weighted by Crippen LogP contribution is -2.16. The van der Waals surface area contributed by atoms with Gasteiger partial charge in [-0.15, -0.1) is 0 Å². The Morgan fingerprint density at radius 2 is 1.85 bits per heavy atom. The van der Waals surface area contributed by atoms with Crippen LogP contribution in [0.4, 0.5) is 0 Å². The van der Waals surface area contributed by atoms with Crippen molar-refractivity contribution in [1.82, 2.24) is 0 Å². The second-order valence-corrected chi connectivity index (χ2v) is 4.69. The first-order valence-electron chi connectivity index (χ1n) is 5.10. The molecule has 3 unspecified atom stereocenters. The smallest absolute Gasteiger partial charge is 0.0663 e. The zero-order chi connectivity index (χ0) is 10.1. The van der Waals surface area contributed by atoms with Crippen LogP contribution < -0.4 is 0 Å². The fourth-order valence-electron chi connectivity index (χ4n) is 2.31. The van der Waals surface area contributed by atoms with Gasteiger partial charge in [0.15, 0.2) is 0 Å². The summed E-state index contributed by atoms with van der Waals surface area (Å²) in [5, 5.41) is 0. The quantitative estimate of drug-likeness (QED) is 0.656. The van der Waals surface area contributed by atoms with Crippen molar-refractivity contribution in [2.75, 3.05) is 20.8 Å². The summed E-state index contributed by atoms with van der Waals surface area (Å²) < 4.78 is 10.6. The highest BCUT2D eigenvalue weighted by Gasteiger charge is 2.57. The Kier molecular flexibility index (Phi) is 3.36. The average molecular weight is 186 g/mol. The lowest BCUT2D eigenvalue weighted by Gasteiger charge is -2.22. The molecule has 0 aromatic rings. The Morgan fingerprint density at radius 3 is 2.23 bits per heavy atom. The molecule has 0 aliphatic heterocycles. The van der Waals surface area contributed by atoms with Gasteiger partial charge in [0.1, 0.15) is 0 Å². The molecule has 1 rings (SSSR count). The van der Waals surface area contributed by atoms with Gasteiger partial charge in [-0.3, -0.25) is 0 Å². The maximum absolute atomic E-state index is 5.45. The van der Waals surface area contributed by atoms with Gasteiger partial charge in [-0.1, -0.05) is 27.2 Å². The Morgan fingerprint density at radius 1 is 1.23 bits per heavy atom. The van der Waals surface area contributed by atoms with Gasteiger partial charge < -0.3 is 9.47 Å². The van der Waals surface area contributed by atoms with Gasteiger partial charge in [-0.2, -0.15) is 0 Å². The van der Waals surface area contributed by atoms with Gasteiger partial charge >= 0.3 is 0 Å². The van der Waals surface area contributed by atoms with Crippen molar-refractivity contribution in [3.05, 3.63) is 0 Å². The number of hydrogen-bond acceptors (Lipinski definition) is 2. The van der Waals surface area contributed by atoms with Crippen molar-refractivity contribution >= 4 is 0 Å². The number of hydrogen-bond donors (Lipinski definition) is 0. The lowest BCUT2D eigenvalue weighted by atomic mass is 9.83.